The summed E-state index contributed by atoms with van der Waals surface area (Å²) in [7, 11) is 1.67. The van der Waals surface area contributed by atoms with Crippen LogP contribution in [-0.2, 0) is 6.54 Å². The first-order valence-electron chi connectivity index (χ1n) is 9.92. The fourth-order valence-corrected chi connectivity index (χ4v) is 3.37. The quantitative estimate of drug-likeness (QED) is 0.445. The maximum Gasteiger partial charge on any atom is 0.141 e. The highest BCUT2D eigenvalue weighted by molar-refractivity contribution is 6.30. The molecular formula is C24H28ClN3O. The highest BCUT2D eigenvalue weighted by atomic mass is 35.5. The summed E-state index contributed by atoms with van der Waals surface area (Å²) in [5.74, 6) is 1.74. The summed E-state index contributed by atoms with van der Waals surface area (Å²) in [6, 6.07) is 15.9. The van der Waals surface area contributed by atoms with E-state index in [0.29, 0.717) is 6.54 Å². The van der Waals surface area contributed by atoms with Gasteiger partial charge >= 0.3 is 0 Å². The van der Waals surface area contributed by atoms with Crippen LogP contribution in [0.25, 0.3) is 17.1 Å². The Kier molecular flexibility index (Phi) is 6.99. The molecule has 152 valence electrons. The van der Waals surface area contributed by atoms with Gasteiger partial charge in [0.1, 0.15) is 17.3 Å². The third-order valence-electron chi connectivity index (χ3n) is 4.98. The predicted molar refractivity (Wildman–Crippen MR) is 121 cm³/mol. The molecule has 0 bridgehead atoms. The van der Waals surface area contributed by atoms with Gasteiger partial charge in [0.15, 0.2) is 0 Å². The van der Waals surface area contributed by atoms with Crippen molar-refractivity contribution in [2.75, 3.05) is 13.7 Å². The van der Waals surface area contributed by atoms with Crippen molar-refractivity contribution in [1.29, 1.82) is 0 Å². The van der Waals surface area contributed by atoms with Gasteiger partial charge in [-0.3, -0.25) is 0 Å². The largest absolute Gasteiger partial charge is 0.497 e. The van der Waals surface area contributed by atoms with Crippen LogP contribution in [0.3, 0.4) is 0 Å². The number of rotatable bonds is 9. The van der Waals surface area contributed by atoms with Crippen molar-refractivity contribution >= 4 is 17.3 Å². The molecular weight excluding hydrogens is 382 g/mol. The molecule has 0 unspecified atom stereocenters. The Hall–Kier alpha value is -2.72. The number of hydrogen-bond acceptors (Lipinski definition) is 3. The van der Waals surface area contributed by atoms with E-state index in [1.165, 1.54) is 5.56 Å². The van der Waals surface area contributed by atoms with E-state index in [1.54, 1.807) is 7.11 Å². The maximum atomic E-state index is 6.06. The Morgan fingerprint density at radius 2 is 1.83 bits per heavy atom. The minimum absolute atomic E-state index is 0.708. The number of unbranched alkanes of at least 4 members (excludes halogenated alkanes) is 1. The number of benzene rings is 2. The average molecular weight is 410 g/mol. The zero-order valence-electron chi connectivity index (χ0n) is 17.3. The molecule has 0 fully saturated rings. The average Bonchev–Trinajstić information content (AvgIpc) is 3.06. The van der Waals surface area contributed by atoms with Gasteiger partial charge in [0.05, 0.1) is 12.8 Å². The molecule has 0 spiro atoms. The molecule has 29 heavy (non-hydrogen) atoms. The van der Waals surface area contributed by atoms with Gasteiger partial charge in [-0.2, -0.15) is 0 Å². The normalized spacial score (nSPS) is 10.8. The summed E-state index contributed by atoms with van der Waals surface area (Å²) < 4.78 is 7.53. The van der Waals surface area contributed by atoms with E-state index >= 15 is 0 Å². The summed E-state index contributed by atoms with van der Waals surface area (Å²) in [6.45, 7) is 10.1. The van der Waals surface area contributed by atoms with Gasteiger partial charge in [-0.25, -0.2) is 4.98 Å². The SMILES string of the molecule is C=C(NCCCC)c1nc(-c2ccc(OC)cc2)n(Cc2ccc(Cl)cc2)c1C. The van der Waals surface area contributed by atoms with E-state index in [1.807, 2.05) is 48.5 Å². The summed E-state index contributed by atoms with van der Waals surface area (Å²) in [6.07, 6.45) is 2.25. The molecule has 4 nitrogen and oxygen atoms in total. The molecule has 0 atom stereocenters. The van der Waals surface area contributed by atoms with Gasteiger partial charge in [-0.15, -0.1) is 0 Å². The van der Waals surface area contributed by atoms with Crippen molar-refractivity contribution in [1.82, 2.24) is 14.9 Å². The molecule has 0 saturated heterocycles. The molecule has 1 aromatic heterocycles. The van der Waals surface area contributed by atoms with Crippen molar-refractivity contribution in [2.24, 2.45) is 0 Å². The Morgan fingerprint density at radius 3 is 2.45 bits per heavy atom. The van der Waals surface area contributed by atoms with E-state index < -0.39 is 0 Å². The number of nitrogens with one attached hydrogen (secondary N) is 1. The summed E-state index contributed by atoms with van der Waals surface area (Å²) in [5.41, 5.74) is 5.05. The lowest BCUT2D eigenvalue weighted by Crippen LogP contribution is -2.14. The number of halogens is 1. The molecule has 0 radical (unpaired) electrons. The molecule has 0 aliphatic heterocycles. The minimum Gasteiger partial charge on any atom is -0.497 e. The van der Waals surface area contributed by atoms with E-state index in [-0.39, 0.29) is 0 Å². The Balaban J connectivity index is 2.00. The monoisotopic (exact) mass is 409 g/mol. The van der Waals surface area contributed by atoms with Crippen LogP contribution in [0.5, 0.6) is 5.75 Å². The van der Waals surface area contributed by atoms with Crippen molar-refractivity contribution in [3.05, 3.63) is 77.1 Å². The van der Waals surface area contributed by atoms with E-state index in [0.717, 1.165) is 58.6 Å². The van der Waals surface area contributed by atoms with Crippen LogP contribution < -0.4 is 10.1 Å². The molecule has 0 saturated carbocycles. The molecule has 3 rings (SSSR count). The Morgan fingerprint density at radius 1 is 1.14 bits per heavy atom. The van der Waals surface area contributed by atoms with Gasteiger partial charge in [0, 0.05) is 29.4 Å². The van der Waals surface area contributed by atoms with Gasteiger partial charge in [-0.1, -0.05) is 43.7 Å². The van der Waals surface area contributed by atoms with Crippen LogP contribution in [0.4, 0.5) is 0 Å². The van der Waals surface area contributed by atoms with Crippen LogP contribution in [0.15, 0.2) is 55.1 Å². The lowest BCUT2D eigenvalue weighted by molar-refractivity contribution is 0.415. The fourth-order valence-electron chi connectivity index (χ4n) is 3.25. The third-order valence-corrected chi connectivity index (χ3v) is 5.23. The summed E-state index contributed by atoms with van der Waals surface area (Å²) in [5, 5.41) is 4.15. The van der Waals surface area contributed by atoms with Crippen LogP contribution in [-0.4, -0.2) is 23.2 Å². The molecule has 5 heteroatoms. The van der Waals surface area contributed by atoms with Crippen LogP contribution in [0.2, 0.25) is 5.02 Å². The molecule has 3 aromatic rings. The summed E-state index contributed by atoms with van der Waals surface area (Å²) in [4.78, 5) is 4.96. The first-order valence-corrected chi connectivity index (χ1v) is 10.3. The first kappa shape index (κ1) is 21.0. The number of hydrogen-bond donors (Lipinski definition) is 1. The van der Waals surface area contributed by atoms with Crippen LogP contribution in [0.1, 0.15) is 36.7 Å². The van der Waals surface area contributed by atoms with E-state index in [9.17, 15) is 0 Å². The van der Waals surface area contributed by atoms with Crippen LogP contribution in [0, 0.1) is 6.92 Å². The Bertz CT molecular complexity index is 959. The van der Waals surface area contributed by atoms with Crippen molar-refractivity contribution in [2.45, 2.75) is 33.2 Å². The molecule has 2 aromatic carbocycles. The highest BCUT2D eigenvalue weighted by Crippen LogP contribution is 2.28. The van der Waals surface area contributed by atoms with Gasteiger partial charge < -0.3 is 14.6 Å². The lowest BCUT2D eigenvalue weighted by atomic mass is 10.2. The number of methoxy groups -OCH3 is 1. The minimum atomic E-state index is 0.708. The van der Waals surface area contributed by atoms with E-state index in [4.69, 9.17) is 21.3 Å². The third kappa shape index (κ3) is 5.01. The first-order chi connectivity index (χ1) is 14.0. The van der Waals surface area contributed by atoms with Crippen LogP contribution >= 0.6 is 11.6 Å². The molecule has 0 aliphatic rings. The second kappa shape index (κ2) is 9.66. The second-order valence-electron chi connectivity index (χ2n) is 7.07. The standard InChI is InChI=1S/C24H28ClN3O/c1-5-6-15-26-17(2)23-18(3)28(16-19-7-11-21(25)12-8-19)24(27-23)20-9-13-22(29-4)14-10-20/h7-14,26H,2,5-6,15-16H2,1,3-4H3. The smallest absolute Gasteiger partial charge is 0.141 e. The summed E-state index contributed by atoms with van der Waals surface area (Å²) >= 11 is 6.06. The fraction of sp³-hybridized carbons (Fsp3) is 0.292. The predicted octanol–water partition coefficient (Wildman–Crippen LogP) is 5.93. The van der Waals surface area contributed by atoms with Gasteiger partial charge in [0.25, 0.3) is 0 Å². The van der Waals surface area contributed by atoms with E-state index in [2.05, 4.69) is 30.3 Å². The van der Waals surface area contributed by atoms with Crippen molar-refractivity contribution in [3.8, 4) is 17.1 Å². The highest BCUT2D eigenvalue weighted by Gasteiger charge is 2.18. The Labute approximate surface area is 178 Å². The number of nitrogens with zero attached hydrogens (tertiary/aromatic N) is 2. The number of ether oxygens (including phenoxy) is 1. The maximum absolute atomic E-state index is 6.06. The molecule has 0 aliphatic carbocycles. The zero-order chi connectivity index (χ0) is 20.8. The lowest BCUT2D eigenvalue weighted by Gasteiger charge is -2.12. The van der Waals surface area contributed by atoms with Gasteiger partial charge in [0.2, 0.25) is 0 Å². The molecule has 0 amide bonds. The second-order valence-corrected chi connectivity index (χ2v) is 7.51. The number of imidazole rings is 1. The molecule has 1 heterocycles. The molecule has 1 N–H and O–H groups in total. The topological polar surface area (TPSA) is 39.1 Å². The van der Waals surface area contributed by atoms with Crippen molar-refractivity contribution in [3.63, 3.8) is 0 Å². The number of aromatic nitrogens is 2. The zero-order valence-corrected chi connectivity index (χ0v) is 18.1. The van der Waals surface area contributed by atoms with Crippen molar-refractivity contribution < 1.29 is 4.74 Å². The van der Waals surface area contributed by atoms with Gasteiger partial charge in [-0.05, 0) is 55.3 Å².